The van der Waals surface area contributed by atoms with Gasteiger partial charge in [-0.05, 0) is 25.3 Å². The minimum atomic E-state index is 0.122. The van der Waals surface area contributed by atoms with Crippen molar-refractivity contribution in [3.8, 4) is 11.8 Å². The van der Waals surface area contributed by atoms with Crippen molar-refractivity contribution < 1.29 is 4.79 Å². The second-order valence-electron chi connectivity index (χ2n) is 4.41. The fourth-order valence-corrected chi connectivity index (χ4v) is 2.26. The molecule has 0 aromatic rings. The lowest BCUT2D eigenvalue weighted by Gasteiger charge is -2.11. The van der Waals surface area contributed by atoms with Gasteiger partial charge in [0.1, 0.15) is 0 Å². The summed E-state index contributed by atoms with van der Waals surface area (Å²) in [4.78, 5) is 16.6. The van der Waals surface area contributed by atoms with Gasteiger partial charge in [-0.15, -0.1) is 0 Å². The first-order valence-electron chi connectivity index (χ1n) is 5.61. The molecule has 1 aliphatic carbocycles. The van der Waals surface area contributed by atoms with Crippen LogP contribution in [0.4, 0.5) is 0 Å². The summed E-state index contributed by atoms with van der Waals surface area (Å²) < 4.78 is 0. The molecule has 0 radical (unpaired) electrons. The zero-order chi connectivity index (χ0) is 11.4. The number of hydrogen-bond acceptors (Lipinski definition) is 2. The maximum absolute atomic E-state index is 10.6. The Morgan fingerprint density at radius 3 is 3.19 bits per heavy atom. The van der Waals surface area contributed by atoms with Gasteiger partial charge in [0.25, 0.3) is 0 Å². The third kappa shape index (κ3) is 2.16. The van der Waals surface area contributed by atoms with E-state index in [0.29, 0.717) is 12.5 Å². The van der Waals surface area contributed by atoms with Gasteiger partial charge in [0.2, 0.25) is 6.41 Å². The number of piperidine rings is 1. The number of rotatable bonds is 3. The highest BCUT2D eigenvalue weighted by Gasteiger charge is 2.59. The second-order valence-corrected chi connectivity index (χ2v) is 4.41. The van der Waals surface area contributed by atoms with Crippen molar-refractivity contribution >= 4 is 12.6 Å². The molecule has 84 valence electrons. The van der Waals surface area contributed by atoms with Crippen LogP contribution in [0.3, 0.4) is 0 Å². The van der Waals surface area contributed by atoms with Crippen LogP contribution < -0.4 is 0 Å². The zero-order valence-electron chi connectivity index (χ0n) is 9.52. The van der Waals surface area contributed by atoms with Gasteiger partial charge in [-0.25, -0.2) is 0 Å². The summed E-state index contributed by atoms with van der Waals surface area (Å²) in [5.41, 5.74) is 0.122. The van der Waals surface area contributed by atoms with E-state index in [0.717, 1.165) is 25.9 Å². The highest BCUT2D eigenvalue weighted by Crippen LogP contribution is 2.56. The average Bonchev–Trinajstić information content (AvgIpc) is 2.85. The molecule has 0 bridgehead atoms. The molecule has 2 fully saturated rings. The number of aliphatic imine (C=N–C) groups is 1. The van der Waals surface area contributed by atoms with E-state index in [2.05, 4.69) is 16.8 Å². The van der Waals surface area contributed by atoms with Gasteiger partial charge in [0, 0.05) is 19.3 Å². The van der Waals surface area contributed by atoms with Gasteiger partial charge in [0.05, 0.1) is 12.0 Å². The lowest BCUT2D eigenvalue weighted by atomic mass is 10.1. The second kappa shape index (κ2) is 4.52. The first-order chi connectivity index (χ1) is 7.80. The molecule has 0 spiro atoms. The molecule has 1 saturated heterocycles. The van der Waals surface area contributed by atoms with Gasteiger partial charge in [-0.1, -0.05) is 17.9 Å². The van der Waals surface area contributed by atoms with Gasteiger partial charge in [-0.2, -0.15) is 0 Å². The van der Waals surface area contributed by atoms with Crippen LogP contribution in [0.15, 0.2) is 17.1 Å². The van der Waals surface area contributed by atoms with Crippen LogP contribution in [0, 0.1) is 23.2 Å². The Morgan fingerprint density at radius 1 is 1.62 bits per heavy atom. The summed E-state index contributed by atoms with van der Waals surface area (Å²) in [6.07, 6.45) is 7.68. The van der Waals surface area contributed by atoms with E-state index in [1.165, 1.54) is 0 Å². The maximum Gasteiger partial charge on any atom is 0.209 e. The van der Waals surface area contributed by atoms with Crippen LogP contribution in [0.2, 0.25) is 0 Å². The molecule has 16 heavy (non-hydrogen) atoms. The number of hydrogen-bond donors (Lipinski definition) is 0. The quantitative estimate of drug-likeness (QED) is 0.395. The molecular weight excluding hydrogens is 200 g/mol. The first-order valence-corrected chi connectivity index (χ1v) is 5.61. The van der Waals surface area contributed by atoms with E-state index in [1.807, 2.05) is 24.0 Å². The summed E-state index contributed by atoms with van der Waals surface area (Å²) in [5.74, 6) is 6.99. The molecule has 1 saturated carbocycles. The van der Waals surface area contributed by atoms with E-state index in [4.69, 9.17) is 0 Å². The lowest BCUT2D eigenvalue weighted by molar-refractivity contribution is -0.117. The van der Waals surface area contributed by atoms with Crippen LogP contribution in [-0.2, 0) is 4.79 Å². The van der Waals surface area contributed by atoms with Crippen LogP contribution in [0.25, 0.3) is 0 Å². The molecule has 3 heteroatoms. The Balaban J connectivity index is 1.83. The Bertz CT molecular complexity index is 388. The van der Waals surface area contributed by atoms with Crippen molar-refractivity contribution in [3.63, 3.8) is 0 Å². The third-order valence-electron chi connectivity index (χ3n) is 3.21. The molecule has 1 heterocycles. The number of allylic oxidation sites excluding steroid dienone is 2. The lowest BCUT2D eigenvalue weighted by Crippen LogP contribution is -2.22. The van der Waals surface area contributed by atoms with Crippen molar-refractivity contribution in [1.29, 1.82) is 0 Å². The first kappa shape index (κ1) is 10.9. The molecule has 3 nitrogen and oxygen atoms in total. The van der Waals surface area contributed by atoms with Crippen LogP contribution in [0.5, 0.6) is 0 Å². The van der Waals surface area contributed by atoms with Crippen molar-refractivity contribution in [2.45, 2.75) is 13.3 Å². The predicted molar refractivity (Wildman–Crippen MR) is 64.1 cm³/mol. The van der Waals surface area contributed by atoms with E-state index >= 15 is 0 Å². The molecule has 1 aliphatic heterocycles. The van der Waals surface area contributed by atoms with E-state index < -0.39 is 0 Å². The SMILES string of the molecule is C/C=C\C=NCC#CC12CC1CN(C=O)C2. The van der Waals surface area contributed by atoms with Crippen LogP contribution in [0.1, 0.15) is 13.3 Å². The molecule has 2 rings (SSSR count). The molecule has 0 aromatic heterocycles. The van der Waals surface area contributed by atoms with Crippen molar-refractivity contribution in [1.82, 2.24) is 4.90 Å². The van der Waals surface area contributed by atoms with E-state index in [1.54, 1.807) is 6.21 Å². The molecule has 2 aliphatic rings. The molecule has 2 unspecified atom stereocenters. The Morgan fingerprint density at radius 2 is 2.50 bits per heavy atom. The number of carbonyl (C=O) groups is 1. The predicted octanol–water partition coefficient (Wildman–Crippen LogP) is 1.11. The highest BCUT2D eigenvalue weighted by atomic mass is 16.1. The standard InChI is InChI=1S/C13H16N2O/c1-2-3-6-14-7-4-5-13-8-12(13)9-15(10-13)11-16/h2-3,6,11-12H,7-10H2,1H3/b3-2-,14-6?. The summed E-state index contributed by atoms with van der Waals surface area (Å²) in [6.45, 7) is 4.21. The number of amides is 1. The molecule has 0 N–H and O–H groups in total. The number of nitrogens with zero attached hydrogens (tertiary/aromatic N) is 2. The fraction of sp³-hybridized carbons (Fsp3) is 0.538. The van der Waals surface area contributed by atoms with E-state index in [-0.39, 0.29) is 5.41 Å². The van der Waals surface area contributed by atoms with Gasteiger partial charge in [-0.3, -0.25) is 9.79 Å². The van der Waals surface area contributed by atoms with Gasteiger partial charge >= 0.3 is 0 Å². The number of fused-ring (bicyclic) bond motifs is 1. The minimum absolute atomic E-state index is 0.122. The molecule has 2 atom stereocenters. The maximum atomic E-state index is 10.6. The Hall–Kier alpha value is -1.56. The Labute approximate surface area is 96.2 Å². The average molecular weight is 216 g/mol. The van der Waals surface area contributed by atoms with Gasteiger partial charge < -0.3 is 4.90 Å². The summed E-state index contributed by atoms with van der Waals surface area (Å²) in [7, 11) is 0. The summed E-state index contributed by atoms with van der Waals surface area (Å²) in [5, 5.41) is 0. The largest absolute Gasteiger partial charge is 0.343 e. The molecule has 0 aromatic carbocycles. The fourth-order valence-electron chi connectivity index (χ4n) is 2.26. The van der Waals surface area contributed by atoms with Crippen molar-refractivity contribution in [2.75, 3.05) is 19.6 Å². The monoisotopic (exact) mass is 216 g/mol. The van der Waals surface area contributed by atoms with Gasteiger partial charge in [0.15, 0.2) is 0 Å². The Kier molecular flexibility index (Phi) is 3.09. The van der Waals surface area contributed by atoms with Crippen molar-refractivity contribution in [2.24, 2.45) is 16.3 Å². The van der Waals surface area contributed by atoms with Crippen LogP contribution >= 0.6 is 0 Å². The topological polar surface area (TPSA) is 32.7 Å². The summed E-state index contributed by atoms with van der Waals surface area (Å²) >= 11 is 0. The summed E-state index contributed by atoms with van der Waals surface area (Å²) in [6, 6.07) is 0. The zero-order valence-corrected chi connectivity index (χ0v) is 9.52. The molecule has 1 amide bonds. The minimum Gasteiger partial charge on any atom is -0.343 e. The van der Waals surface area contributed by atoms with Crippen LogP contribution in [-0.4, -0.2) is 37.2 Å². The van der Waals surface area contributed by atoms with E-state index in [9.17, 15) is 4.79 Å². The van der Waals surface area contributed by atoms with Crippen molar-refractivity contribution in [3.05, 3.63) is 12.2 Å². The molecular formula is C13H16N2O. The number of carbonyl (C=O) groups excluding carboxylic acids is 1. The third-order valence-corrected chi connectivity index (χ3v) is 3.21. The highest BCUT2D eigenvalue weighted by molar-refractivity contribution is 5.70. The number of likely N-dealkylation sites (tertiary alicyclic amines) is 1. The normalized spacial score (nSPS) is 31.6. The smallest absolute Gasteiger partial charge is 0.209 e.